The van der Waals surface area contributed by atoms with Crippen LogP contribution in [0.25, 0.3) is 0 Å². The molecule has 0 aliphatic carbocycles. The quantitative estimate of drug-likeness (QED) is 0.608. The fourth-order valence-corrected chi connectivity index (χ4v) is 2.54. The molecule has 0 bridgehead atoms. The lowest BCUT2D eigenvalue weighted by Gasteiger charge is -2.25. The Morgan fingerprint density at radius 2 is 1.91 bits per heavy atom. The van der Waals surface area contributed by atoms with Crippen molar-refractivity contribution < 1.29 is 9.53 Å². The topological polar surface area (TPSA) is 57.2 Å². The van der Waals surface area contributed by atoms with Gasteiger partial charge >= 0.3 is 0 Å². The molecule has 23 heavy (non-hydrogen) atoms. The van der Waals surface area contributed by atoms with Crippen LogP contribution in [0.4, 0.5) is 5.69 Å². The van der Waals surface area contributed by atoms with Crippen LogP contribution >= 0.6 is 0 Å². The van der Waals surface area contributed by atoms with Crippen molar-refractivity contribution in [2.24, 2.45) is 5.10 Å². The van der Waals surface area contributed by atoms with E-state index in [1.54, 1.807) is 6.21 Å². The summed E-state index contributed by atoms with van der Waals surface area (Å²) in [5.41, 5.74) is 4.74. The molecule has 1 fully saturated rings. The van der Waals surface area contributed by atoms with E-state index in [1.807, 2.05) is 12.1 Å². The minimum Gasteiger partial charge on any atom is -0.379 e. The molecule has 0 atom stereocenters. The number of carbonyl (C=O) groups excluding carboxylic acids is 1. The highest BCUT2D eigenvalue weighted by molar-refractivity contribution is 5.83. The van der Waals surface area contributed by atoms with Gasteiger partial charge in [0.05, 0.1) is 26.0 Å². The zero-order chi connectivity index (χ0) is 16.5. The van der Waals surface area contributed by atoms with Crippen molar-refractivity contribution in [3.8, 4) is 0 Å². The van der Waals surface area contributed by atoms with Crippen LogP contribution in [-0.2, 0) is 9.53 Å². The first kappa shape index (κ1) is 17.4. The molecule has 1 aromatic carbocycles. The van der Waals surface area contributed by atoms with E-state index in [1.165, 1.54) is 5.69 Å². The standard InChI is InChI=1S/C17H26N4O2/c1-3-21(4-2)16-7-5-15(6-8-16)13-18-19-17(22)14-20-9-11-23-12-10-20/h5-8,13H,3-4,9-12,14H2,1-2H3,(H,19,22)/b18-13-. The fraction of sp³-hybridized carbons (Fsp3) is 0.529. The van der Waals surface area contributed by atoms with Crippen LogP contribution in [0.2, 0.25) is 0 Å². The maximum absolute atomic E-state index is 11.8. The predicted octanol–water partition coefficient (Wildman–Crippen LogP) is 1.32. The van der Waals surface area contributed by atoms with E-state index >= 15 is 0 Å². The molecular formula is C17H26N4O2. The lowest BCUT2D eigenvalue weighted by atomic mass is 10.2. The summed E-state index contributed by atoms with van der Waals surface area (Å²) in [6.07, 6.45) is 1.67. The second kappa shape index (κ2) is 9.27. The van der Waals surface area contributed by atoms with Crippen LogP contribution in [0, 0.1) is 0 Å². The Morgan fingerprint density at radius 3 is 2.52 bits per heavy atom. The number of hydrazone groups is 1. The maximum atomic E-state index is 11.8. The molecule has 1 aromatic rings. The van der Waals surface area contributed by atoms with Gasteiger partial charge in [-0.1, -0.05) is 12.1 Å². The predicted molar refractivity (Wildman–Crippen MR) is 93.0 cm³/mol. The zero-order valence-corrected chi connectivity index (χ0v) is 14.0. The van der Waals surface area contributed by atoms with Crippen molar-refractivity contribution in [1.82, 2.24) is 10.3 Å². The highest BCUT2D eigenvalue weighted by Crippen LogP contribution is 2.13. The van der Waals surface area contributed by atoms with Crippen LogP contribution in [0.3, 0.4) is 0 Å². The Morgan fingerprint density at radius 1 is 1.26 bits per heavy atom. The number of benzene rings is 1. The number of anilines is 1. The van der Waals surface area contributed by atoms with Crippen LogP contribution in [0.1, 0.15) is 19.4 Å². The maximum Gasteiger partial charge on any atom is 0.254 e. The van der Waals surface area contributed by atoms with Crippen molar-refractivity contribution in [2.75, 3.05) is 50.8 Å². The van der Waals surface area contributed by atoms with E-state index in [0.29, 0.717) is 19.8 Å². The summed E-state index contributed by atoms with van der Waals surface area (Å²) in [5, 5.41) is 4.03. The number of rotatable bonds is 7. The molecule has 1 saturated heterocycles. The van der Waals surface area contributed by atoms with E-state index in [0.717, 1.165) is 31.7 Å². The number of hydrogen-bond acceptors (Lipinski definition) is 5. The molecular weight excluding hydrogens is 292 g/mol. The van der Waals surface area contributed by atoms with Gasteiger partial charge in [0.25, 0.3) is 5.91 Å². The number of carbonyl (C=O) groups is 1. The van der Waals surface area contributed by atoms with Crippen LogP contribution < -0.4 is 10.3 Å². The first-order valence-electron chi connectivity index (χ1n) is 8.20. The van der Waals surface area contributed by atoms with Gasteiger partial charge in [0.1, 0.15) is 0 Å². The van der Waals surface area contributed by atoms with E-state index in [-0.39, 0.29) is 5.91 Å². The first-order chi connectivity index (χ1) is 11.2. The molecule has 6 heteroatoms. The van der Waals surface area contributed by atoms with Crippen molar-refractivity contribution in [2.45, 2.75) is 13.8 Å². The molecule has 1 aliphatic rings. The molecule has 1 amide bonds. The molecule has 1 aliphatic heterocycles. The molecule has 0 spiro atoms. The van der Waals surface area contributed by atoms with Gasteiger partial charge in [0.15, 0.2) is 0 Å². The van der Waals surface area contributed by atoms with Gasteiger partial charge in [-0.3, -0.25) is 9.69 Å². The highest BCUT2D eigenvalue weighted by Gasteiger charge is 2.13. The summed E-state index contributed by atoms with van der Waals surface area (Å²) in [4.78, 5) is 16.2. The molecule has 126 valence electrons. The third-order valence-corrected chi connectivity index (χ3v) is 3.90. The van der Waals surface area contributed by atoms with E-state index in [9.17, 15) is 4.79 Å². The summed E-state index contributed by atoms with van der Waals surface area (Å²) >= 11 is 0. The average molecular weight is 318 g/mol. The Bertz CT molecular complexity index is 506. The highest BCUT2D eigenvalue weighted by atomic mass is 16.5. The largest absolute Gasteiger partial charge is 0.379 e. The van der Waals surface area contributed by atoms with Gasteiger partial charge in [-0.15, -0.1) is 0 Å². The van der Waals surface area contributed by atoms with Crippen LogP contribution in [0.15, 0.2) is 29.4 Å². The van der Waals surface area contributed by atoms with Gasteiger partial charge in [-0.25, -0.2) is 5.43 Å². The second-order valence-electron chi connectivity index (χ2n) is 5.45. The fourth-order valence-electron chi connectivity index (χ4n) is 2.54. The smallest absolute Gasteiger partial charge is 0.254 e. The third-order valence-electron chi connectivity index (χ3n) is 3.90. The summed E-state index contributed by atoms with van der Waals surface area (Å²) in [6.45, 7) is 9.59. The Labute approximate surface area is 138 Å². The summed E-state index contributed by atoms with van der Waals surface area (Å²) in [7, 11) is 0. The van der Waals surface area contributed by atoms with Crippen molar-refractivity contribution >= 4 is 17.8 Å². The number of nitrogens with zero attached hydrogens (tertiary/aromatic N) is 3. The minimum atomic E-state index is -0.0945. The average Bonchev–Trinajstić information content (AvgIpc) is 2.58. The van der Waals surface area contributed by atoms with Gasteiger partial charge < -0.3 is 9.64 Å². The van der Waals surface area contributed by atoms with Gasteiger partial charge in [-0.2, -0.15) is 5.10 Å². The Kier molecular flexibility index (Phi) is 7.03. The lowest BCUT2D eigenvalue weighted by Crippen LogP contribution is -2.42. The van der Waals surface area contributed by atoms with Gasteiger partial charge in [-0.05, 0) is 31.5 Å². The molecule has 1 N–H and O–H groups in total. The van der Waals surface area contributed by atoms with Crippen molar-refractivity contribution in [3.63, 3.8) is 0 Å². The third kappa shape index (κ3) is 5.65. The molecule has 0 unspecified atom stereocenters. The second-order valence-corrected chi connectivity index (χ2v) is 5.45. The number of ether oxygens (including phenoxy) is 1. The molecule has 1 heterocycles. The molecule has 6 nitrogen and oxygen atoms in total. The summed E-state index contributed by atoms with van der Waals surface area (Å²) in [5.74, 6) is -0.0945. The van der Waals surface area contributed by atoms with Crippen LogP contribution in [-0.4, -0.2) is 63.0 Å². The van der Waals surface area contributed by atoms with Crippen molar-refractivity contribution in [3.05, 3.63) is 29.8 Å². The molecule has 0 saturated carbocycles. The number of amides is 1. The first-order valence-corrected chi connectivity index (χ1v) is 8.20. The zero-order valence-electron chi connectivity index (χ0n) is 14.0. The lowest BCUT2D eigenvalue weighted by molar-refractivity contribution is -0.123. The van der Waals surface area contributed by atoms with Gasteiger partial charge in [0.2, 0.25) is 0 Å². The molecule has 0 aromatic heterocycles. The van der Waals surface area contributed by atoms with Crippen LogP contribution in [0.5, 0.6) is 0 Å². The normalized spacial score (nSPS) is 15.7. The number of hydrogen-bond donors (Lipinski definition) is 1. The monoisotopic (exact) mass is 318 g/mol. The number of nitrogens with one attached hydrogen (secondary N) is 1. The van der Waals surface area contributed by atoms with E-state index in [2.05, 4.69) is 46.3 Å². The minimum absolute atomic E-state index is 0.0945. The summed E-state index contributed by atoms with van der Waals surface area (Å²) in [6, 6.07) is 8.16. The Balaban J connectivity index is 1.79. The Hall–Kier alpha value is -1.92. The number of morpholine rings is 1. The summed E-state index contributed by atoms with van der Waals surface area (Å²) < 4.78 is 5.26. The SMILES string of the molecule is CCN(CC)c1ccc(/C=N\NC(=O)CN2CCOCC2)cc1. The van der Waals surface area contributed by atoms with E-state index in [4.69, 9.17) is 4.74 Å². The van der Waals surface area contributed by atoms with Crippen molar-refractivity contribution in [1.29, 1.82) is 0 Å². The molecule has 0 radical (unpaired) electrons. The van der Waals surface area contributed by atoms with Gasteiger partial charge in [0, 0.05) is 31.9 Å². The molecule has 2 rings (SSSR count). The van der Waals surface area contributed by atoms with E-state index < -0.39 is 0 Å².